The molecule has 0 bridgehead atoms. The van der Waals surface area contributed by atoms with Gasteiger partial charge in [-0.1, -0.05) is 5.16 Å². The van der Waals surface area contributed by atoms with Crippen LogP contribution in [0.5, 0.6) is 0 Å². The minimum absolute atomic E-state index is 0.175. The van der Waals surface area contributed by atoms with E-state index in [4.69, 9.17) is 14.0 Å². The van der Waals surface area contributed by atoms with Gasteiger partial charge in [0.1, 0.15) is 11.3 Å². The summed E-state index contributed by atoms with van der Waals surface area (Å²) in [4.78, 5) is 18.1. The quantitative estimate of drug-likeness (QED) is 0.900. The largest absolute Gasteiger partial charge is 0.444 e. The summed E-state index contributed by atoms with van der Waals surface area (Å²) < 4.78 is 16.7. The van der Waals surface area contributed by atoms with Crippen LogP contribution in [0.15, 0.2) is 28.0 Å². The Bertz CT molecular complexity index is 691. The molecular weight excluding hydrogens is 324 g/mol. The van der Waals surface area contributed by atoms with Crippen LogP contribution in [-0.2, 0) is 15.2 Å². The first-order chi connectivity index (χ1) is 11.8. The highest BCUT2D eigenvalue weighted by atomic mass is 16.6. The van der Waals surface area contributed by atoms with Crippen LogP contribution in [0.25, 0.3) is 0 Å². The van der Waals surface area contributed by atoms with Gasteiger partial charge in [-0.25, -0.2) is 4.79 Å². The molecule has 25 heavy (non-hydrogen) atoms. The molecule has 1 saturated heterocycles. The zero-order chi connectivity index (χ0) is 18.1. The number of aromatic nitrogens is 1. The molecule has 3 heterocycles. The molecule has 0 aliphatic carbocycles. The van der Waals surface area contributed by atoms with Crippen molar-refractivity contribution < 1.29 is 18.8 Å². The number of ether oxygens (including phenoxy) is 2. The van der Waals surface area contributed by atoms with Crippen LogP contribution in [0.4, 0.5) is 4.79 Å². The Balaban J connectivity index is 1.76. The summed E-state index contributed by atoms with van der Waals surface area (Å²) in [7, 11) is 0. The maximum Gasteiger partial charge on any atom is 0.410 e. The van der Waals surface area contributed by atoms with Crippen LogP contribution in [0.2, 0.25) is 0 Å². The van der Waals surface area contributed by atoms with Crippen molar-refractivity contribution in [2.24, 2.45) is 4.99 Å². The molecule has 8 nitrogen and oxygen atoms in total. The van der Waals surface area contributed by atoms with Crippen molar-refractivity contribution >= 4 is 12.3 Å². The molecule has 1 aromatic heterocycles. The Morgan fingerprint density at radius 3 is 2.88 bits per heavy atom. The predicted molar refractivity (Wildman–Crippen MR) is 90.9 cm³/mol. The molecule has 1 amide bonds. The SMILES string of the molecule is CCOC1(c2cc([C@@H]3CCN3C(=O)OC(C)(C)C)on2)C=NC=CN1. The number of carbonyl (C=O) groups is 1. The zero-order valence-electron chi connectivity index (χ0n) is 15.0. The lowest BCUT2D eigenvalue weighted by atomic mass is 10.00. The summed E-state index contributed by atoms with van der Waals surface area (Å²) in [6, 6.07) is 1.63. The van der Waals surface area contributed by atoms with Crippen LogP contribution in [0.3, 0.4) is 0 Å². The second-order valence-electron chi connectivity index (χ2n) is 7.00. The highest BCUT2D eigenvalue weighted by molar-refractivity contribution is 5.72. The highest BCUT2D eigenvalue weighted by Gasteiger charge is 2.41. The lowest BCUT2D eigenvalue weighted by molar-refractivity contribution is -0.0118. The average Bonchev–Trinajstić information content (AvgIpc) is 2.95. The Labute approximate surface area is 146 Å². The fourth-order valence-corrected chi connectivity index (χ4v) is 2.75. The monoisotopic (exact) mass is 348 g/mol. The van der Waals surface area contributed by atoms with Gasteiger partial charge in [0.25, 0.3) is 0 Å². The summed E-state index contributed by atoms with van der Waals surface area (Å²) in [6.07, 6.45) is 5.43. The molecule has 2 atom stereocenters. The van der Waals surface area contributed by atoms with E-state index in [0.717, 1.165) is 6.42 Å². The Morgan fingerprint density at radius 1 is 1.52 bits per heavy atom. The van der Waals surface area contributed by atoms with Crippen LogP contribution < -0.4 is 5.32 Å². The predicted octanol–water partition coefficient (Wildman–Crippen LogP) is 2.69. The number of nitrogens with zero attached hydrogens (tertiary/aromatic N) is 3. The first-order valence-electron chi connectivity index (χ1n) is 8.42. The molecule has 136 valence electrons. The second-order valence-corrected chi connectivity index (χ2v) is 7.00. The average molecular weight is 348 g/mol. The standard InChI is InChI=1S/C17H24N4O4/c1-5-23-17(11-18-7-8-19-17)14-10-13(25-20-14)12-6-9-21(12)15(22)24-16(2,3)4/h7-8,10-12,19H,5-6,9H2,1-4H3/t12-,17?/m0/s1. The fourth-order valence-electron chi connectivity index (χ4n) is 2.75. The fraction of sp³-hybridized carbons (Fsp3) is 0.588. The van der Waals surface area contributed by atoms with Crippen molar-refractivity contribution in [2.75, 3.05) is 13.2 Å². The van der Waals surface area contributed by atoms with Gasteiger partial charge in [0.2, 0.25) is 5.72 Å². The lowest BCUT2D eigenvalue weighted by Crippen LogP contribution is -2.47. The third-order valence-electron chi connectivity index (χ3n) is 3.97. The minimum Gasteiger partial charge on any atom is -0.444 e. The van der Waals surface area contributed by atoms with Gasteiger partial charge < -0.3 is 19.3 Å². The first kappa shape index (κ1) is 17.5. The smallest absolute Gasteiger partial charge is 0.410 e. The van der Waals surface area contributed by atoms with Crippen LogP contribution >= 0.6 is 0 Å². The summed E-state index contributed by atoms with van der Waals surface area (Å²) in [5, 5.41) is 7.26. The first-order valence-corrected chi connectivity index (χ1v) is 8.42. The third kappa shape index (κ3) is 3.53. The molecule has 2 aliphatic heterocycles. The number of aliphatic imine (C=N–C) groups is 1. The van der Waals surface area contributed by atoms with E-state index in [2.05, 4.69) is 15.5 Å². The van der Waals surface area contributed by atoms with Crippen molar-refractivity contribution in [2.45, 2.75) is 51.5 Å². The Kier molecular flexibility index (Phi) is 4.55. The summed E-state index contributed by atoms with van der Waals surface area (Å²) >= 11 is 0. The summed E-state index contributed by atoms with van der Waals surface area (Å²) in [5.74, 6) is 0.607. The van der Waals surface area contributed by atoms with Crippen molar-refractivity contribution in [3.8, 4) is 0 Å². The number of carbonyl (C=O) groups excluding carboxylic acids is 1. The maximum atomic E-state index is 12.3. The number of rotatable bonds is 4. The molecule has 0 aromatic carbocycles. The van der Waals surface area contributed by atoms with Gasteiger partial charge >= 0.3 is 6.09 Å². The van der Waals surface area contributed by atoms with E-state index < -0.39 is 11.3 Å². The summed E-state index contributed by atoms with van der Waals surface area (Å²) in [5.41, 5.74) is -0.919. The van der Waals surface area contributed by atoms with Gasteiger partial charge in [-0.2, -0.15) is 0 Å². The van der Waals surface area contributed by atoms with E-state index in [1.54, 1.807) is 29.6 Å². The maximum absolute atomic E-state index is 12.3. The number of nitrogens with one attached hydrogen (secondary N) is 1. The number of amides is 1. The van der Waals surface area contributed by atoms with Crippen molar-refractivity contribution in [1.29, 1.82) is 0 Å². The number of hydrogen-bond acceptors (Lipinski definition) is 7. The van der Waals surface area contributed by atoms with Crippen molar-refractivity contribution in [3.05, 3.63) is 29.9 Å². The molecule has 1 N–H and O–H groups in total. The molecule has 1 unspecified atom stereocenters. The second kappa shape index (κ2) is 6.51. The van der Waals surface area contributed by atoms with Gasteiger partial charge in [0.15, 0.2) is 5.76 Å². The molecule has 2 aliphatic rings. The van der Waals surface area contributed by atoms with E-state index in [0.29, 0.717) is 24.6 Å². The van der Waals surface area contributed by atoms with Gasteiger partial charge in [-0.05, 0) is 34.1 Å². The molecular formula is C17H24N4O4. The van der Waals surface area contributed by atoms with Crippen LogP contribution in [-0.4, -0.2) is 41.1 Å². The molecule has 0 radical (unpaired) electrons. The molecule has 1 aromatic rings. The normalized spacial score (nSPS) is 25.4. The molecule has 3 rings (SSSR count). The minimum atomic E-state index is -0.953. The van der Waals surface area contributed by atoms with Crippen LogP contribution in [0, 0.1) is 0 Å². The zero-order valence-corrected chi connectivity index (χ0v) is 15.0. The van der Waals surface area contributed by atoms with E-state index in [1.807, 2.05) is 27.7 Å². The van der Waals surface area contributed by atoms with E-state index >= 15 is 0 Å². The highest BCUT2D eigenvalue weighted by Crippen LogP contribution is 2.36. The van der Waals surface area contributed by atoms with Gasteiger partial charge in [-0.15, -0.1) is 0 Å². The van der Waals surface area contributed by atoms with E-state index in [9.17, 15) is 4.79 Å². The van der Waals surface area contributed by atoms with Gasteiger partial charge in [-0.3, -0.25) is 9.89 Å². The third-order valence-corrected chi connectivity index (χ3v) is 3.97. The summed E-state index contributed by atoms with van der Waals surface area (Å²) in [6.45, 7) is 8.54. The Hall–Kier alpha value is -2.35. The van der Waals surface area contributed by atoms with Gasteiger partial charge in [0.05, 0.1) is 12.3 Å². The molecule has 8 heteroatoms. The van der Waals surface area contributed by atoms with Gasteiger partial charge in [0, 0.05) is 31.6 Å². The lowest BCUT2D eigenvalue weighted by Gasteiger charge is -2.39. The number of hydrogen-bond donors (Lipinski definition) is 1. The van der Waals surface area contributed by atoms with Crippen LogP contribution in [0.1, 0.15) is 51.6 Å². The molecule has 0 spiro atoms. The van der Waals surface area contributed by atoms with E-state index in [-0.39, 0.29) is 12.1 Å². The molecule has 1 fully saturated rings. The molecule has 0 saturated carbocycles. The van der Waals surface area contributed by atoms with Crippen molar-refractivity contribution in [1.82, 2.24) is 15.4 Å². The Morgan fingerprint density at radius 2 is 2.32 bits per heavy atom. The topological polar surface area (TPSA) is 89.2 Å². The van der Waals surface area contributed by atoms with E-state index in [1.165, 1.54) is 0 Å². The number of likely N-dealkylation sites (tertiary alicyclic amines) is 1. The van der Waals surface area contributed by atoms with Crippen molar-refractivity contribution in [3.63, 3.8) is 0 Å².